The van der Waals surface area contributed by atoms with Gasteiger partial charge >= 0.3 is 0 Å². The van der Waals surface area contributed by atoms with E-state index in [0.717, 1.165) is 33.9 Å². The van der Waals surface area contributed by atoms with Gasteiger partial charge in [-0.3, -0.25) is 0 Å². The molecule has 5 aromatic rings. The molecule has 160 valence electrons. The first kappa shape index (κ1) is 20.4. The molecule has 0 saturated carbocycles. The summed E-state index contributed by atoms with van der Waals surface area (Å²) < 4.78 is 6.18. The SMILES string of the molecule is C[n+]1c(/C=C/c2ccc(-n3ccnc3)cc2)cccc1/C=C/c1ccc(-n2ccnc2)cc1. The zero-order chi connectivity index (χ0) is 22.5. The number of aromatic nitrogens is 5. The smallest absolute Gasteiger partial charge is 0.205 e. The molecule has 5 heteroatoms. The molecule has 5 nitrogen and oxygen atoms in total. The number of nitrogens with zero attached hydrogens (tertiary/aromatic N) is 5. The quantitative estimate of drug-likeness (QED) is 0.346. The monoisotopic (exact) mass is 430 g/mol. The van der Waals surface area contributed by atoms with Crippen LogP contribution >= 0.6 is 0 Å². The van der Waals surface area contributed by atoms with Crippen LogP contribution < -0.4 is 4.57 Å². The highest BCUT2D eigenvalue weighted by Crippen LogP contribution is 2.14. The van der Waals surface area contributed by atoms with Gasteiger partial charge in [0.1, 0.15) is 7.05 Å². The predicted molar refractivity (Wildman–Crippen MR) is 133 cm³/mol. The Kier molecular flexibility index (Phi) is 5.76. The second-order valence-corrected chi connectivity index (χ2v) is 7.72. The van der Waals surface area contributed by atoms with Crippen LogP contribution in [0.3, 0.4) is 0 Å². The first-order chi connectivity index (χ1) is 16.3. The third-order valence-electron chi connectivity index (χ3n) is 5.59. The fourth-order valence-corrected chi connectivity index (χ4v) is 3.65. The van der Waals surface area contributed by atoms with Crippen LogP contribution in [0, 0.1) is 0 Å². The van der Waals surface area contributed by atoms with Gasteiger partial charge in [-0.25, -0.2) is 9.97 Å². The largest absolute Gasteiger partial charge is 0.306 e. The standard InChI is InChI=1S/C28H24N5/c1-31-25(11-5-23-7-13-27(14-8-23)32-19-17-29-21-32)3-2-4-26(31)12-6-24-9-15-28(16-10-24)33-20-18-30-22-33/h2-22H,1H3/q+1. The van der Waals surface area contributed by atoms with Gasteiger partial charge in [0.2, 0.25) is 11.4 Å². The minimum Gasteiger partial charge on any atom is -0.306 e. The van der Waals surface area contributed by atoms with E-state index in [1.165, 1.54) is 0 Å². The molecule has 0 bridgehead atoms. The summed E-state index contributed by atoms with van der Waals surface area (Å²) >= 11 is 0. The minimum atomic E-state index is 1.10. The molecular formula is C28H24N5+. The van der Waals surface area contributed by atoms with E-state index in [2.05, 4.69) is 113 Å². The zero-order valence-corrected chi connectivity index (χ0v) is 18.4. The highest BCUT2D eigenvalue weighted by molar-refractivity contribution is 5.69. The van der Waals surface area contributed by atoms with Gasteiger partial charge in [-0.05, 0) is 53.6 Å². The summed E-state index contributed by atoms with van der Waals surface area (Å²) in [5.41, 5.74) is 6.76. The van der Waals surface area contributed by atoms with Crippen LogP contribution in [-0.2, 0) is 7.05 Å². The summed E-state index contributed by atoms with van der Waals surface area (Å²) in [6.45, 7) is 0. The fraction of sp³-hybridized carbons (Fsp3) is 0.0357. The van der Waals surface area contributed by atoms with Crippen LogP contribution in [0.5, 0.6) is 0 Å². The van der Waals surface area contributed by atoms with Crippen molar-refractivity contribution in [1.29, 1.82) is 0 Å². The Balaban J connectivity index is 1.30. The van der Waals surface area contributed by atoms with Crippen LogP contribution in [0.2, 0.25) is 0 Å². The molecule has 0 amide bonds. The van der Waals surface area contributed by atoms with Crippen molar-refractivity contribution in [3.63, 3.8) is 0 Å². The molecule has 3 heterocycles. The third kappa shape index (κ3) is 4.72. The van der Waals surface area contributed by atoms with Crippen molar-refractivity contribution in [3.8, 4) is 11.4 Å². The van der Waals surface area contributed by atoms with E-state index in [4.69, 9.17) is 0 Å². The summed E-state index contributed by atoms with van der Waals surface area (Å²) in [7, 11) is 2.09. The normalized spacial score (nSPS) is 11.5. The summed E-state index contributed by atoms with van der Waals surface area (Å²) in [5.74, 6) is 0. The molecule has 33 heavy (non-hydrogen) atoms. The third-order valence-corrected chi connectivity index (χ3v) is 5.59. The molecule has 5 rings (SSSR count). The first-order valence-corrected chi connectivity index (χ1v) is 10.8. The number of hydrogen-bond donors (Lipinski definition) is 0. The van der Waals surface area contributed by atoms with Gasteiger partial charge in [0.05, 0.1) is 12.7 Å². The molecule has 3 aromatic heterocycles. The van der Waals surface area contributed by atoms with Gasteiger partial charge < -0.3 is 9.13 Å². The lowest BCUT2D eigenvalue weighted by atomic mass is 10.1. The van der Waals surface area contributed by atoms with Crippen LogP contribution in [0.4, 0.5) is 0 Å². The van der Waals surface area contributed by atoms with Gasteiger partial charge in [-0.15, -0.1) is 0 Å². The summed E-state index contributed by atoms with van der Waals surface area (Å²) in [4.78, 5) is 8.20. The Hall–Kier alpha value is -4.51. The average Bonchev–Trinajstić information content (AvgIpc) is 3.58. The van der Waals surface area contributed by atoms with E-state index in [1.54, 1.807) is 25.0 Å². The number of pyridine rings is 1. The molecule has 0 aliphatic heterocycles. The van der Waals surface area contributed by atoms with Crippen LogP contribution in [-0.4, -0.2) is 19.1 Å². The summed E-state index contributed by atoms with van der Waals surface area (Å²) in [6.07, 6.45) is 19.6. The maximum Gasteiger partial charge on any atom is 0.205 e. The van der Waals surface area contributed by atoms with Crippen molar-refractivity contribution in [3.05, 3.63) is 127 Å². The topological polar surface area (TPSA) is 39.5 Å². The second-order valence-electron chi connectivity index (χ2n) is 7.72. The van der Waals surface area contributed by atoms with E-state index in [0.29, 0.717) is 0 Å². The molecule has 2 aromatic carbocycles. The number of rotatable bonds is 6. The number of benzene rings is 2. The van der Waals surface area contributed by atoms with E-state index in [-0.39, 0.29) is 0 Å². The molecule has 0 N–H and O–H groups in total. The van der Waals surface area contributed by atoms with Crippen molar-refractivity contribution in [2.75, 3.05) is 0 Å². The van der Waals surface area contributed by atoms with Crippen molar-refractivity contribution in [2.24, 2.45) is 7.05 Å². The van der Waals surface area contributed by atoms with E-state index < -0.39 is 0 Å². The molecule has 0 aliphatic carbocycles. The average molecular weight is 431 g/mol. The number of hydrogen-bond acceptors (Lipinski definition) is 2. The molecule has 0 unspecified atom stereocenters. The molecule has 0 radical (unpaired) electrons. The lowest BCUT2D eigenvalue weighted by molar-refractivity contribution is -0.675. The van der Waals surface area contributed by atoms with Gasteiger partial charge in [-0.1, -0.05) is 24.3 Å². The predicted octanol–water partition coefficient (Wildman–Crippen LogP) is 5.22. The maximum absolute atomic E-state index is 4.10. The van der Waals surface area contributed by atoms with Crippen molar-refractivity contribution >= 4 is 24.3 Å². The van der Waals surface area contributed by atoms with Crippen LogP contribution in [0.1, 0.15) is 22.5 Å². The Morgan fingerprint density at radius 1 is 0.606 bits per heavy atom. The van der Waals surface area contributed by atoms with Crippen molar-refractivity contribution < 1.29 is 4.57 Å². The summed E-state index contributed by atoms with van der Waals surface area (Å²) in [6, 6.07) is 23.2. The van der Waals surface area contributed by atoms with Gasteiger partial charge in [0, 0.05) is 60.4 Å². The van der Waals surface area contributed by atoms with Crippen molar-refractivity contribution in [2.45, 2.75) is 0 Å². The van der Waals surface area contributed by atoms with Crippen LogP contribution in [0.15, 0.2) is 104 Å². The maximum atomic E-state index is 4.10. The highest BCUT2D eigenvalue weighted by atomic mass is 15.0. The minimum absolute atomic E-state index is 1.10. The fourth-order valence-electron chi connectivity index (χ4n) is 3.65. The number of imidazole rings is 2. The Labute approximate surface area is 193 Å². The summed E-state index contributed by atoms with van der Waals surface area (Å²) in [5, 5.41) is 0. The van der Waals surface area contributed by atoms with E-state index in [9.17, 15) is 0 Å². The second kappa shape index (κ2) is 9.32. The van der Waals surface area contributed by atoms with Gasteiger partial charge in [0.15, 0.2) is 0 Å². The molecule has 0 spiro atoms. The Bertz CT molecular complexity index is 1270. The van der Waals surface area contributed by atoms with Crippen LogP contribution in [0.25, 0.3) is 35.7 Å². The lowest BCUT2D eigenvalue weighted by Crippen LogP contribution is -2.35. The molecule has 0 fully saturated rings. The first-order valence-electron chi connectivity index (χ1n) is 10.8. The van der Waals surface area contributed by atoms with Gasteiger partial charge in [0.25, 0.3) is 0 Å². The molecule has 0 atom stereocenters. The van der Waals surface area contributed by atoms with Gasteiger partial charge in [-0.2, -0.15) is 4.57 Å². The van der Waals surface area contributed by atoms with E-state index in [1.807, 2.05) is 21.5 Å². The Morgan fingerprint density at radius 2 is 1.06 bits per heavy atom. The highest BCUT2D eigenvalue weighted by Gasteiger charge is 2.07. The molecular weight excluding hydrogens is 406 g/mol. The Morgan fingerprint density at radius 3 is 1.45 bits per heavy atom. The lowest BCUT2D eigenvalue weighted by Gasteiger charge is -2.03. The van der Waals surface area contributed by atoms with E-state index >= 15 is 0 Å². The molecule has 0 aliphatic rings. The zero-order valence-electron chi connectivity index (χ0n) is 18.4. The van der Waals surface area contributed by atoms with Crippen molar-refractivity contribution in [1.82, 2.24) is 19.1 Å². The molecule has 0 saturated heterocycles.